The summed E-state index contributed by atoms with van der Waals surface area (Å²) in [5.41, 5.74) is 15.4. The predicted octanol–water partition coefficient (Wildman–Crippen LogP) is 9.10. The molecule has 2 aliphatic heterocycles. The Hall–Kier alpha value is -3.53. The number of aromatic nitrogens is 1. The van der Waals surface area contributed by atoms with Gasteiger partial charge in [0.25, 0.3) is 6.71 Å². The molecule has 236 valence electrons. The molecule has 0 atom stereocenters. The van der Waals surface area contributed by atoms with Gasteiger partial charge in [0.05, 0.1) is 5.69 Å². The molecule has 3 heterocycles. The maximum atomic E-state index is 7.00. The number of aryl methyl sites for hydroxylation is 3. The van der Waals surface area contributed by atoms with Gasteiger partial charge in [-0.15, -0.1) is 0 Å². The van der Waals surface area contributed by atoms with Crippen LogP contribution >= 0.6 is 0 Å². The number of pyridine rings is 1. The van der Waals surface area contributed by atoms with Gasteiger partial charge in [0.15, 0.2) is 0 Å². The molecule has 0 radical (unpaired) electrons. The Kier molecular flexibility index (Phi) is 6.03. The summed E-state index contributed by atoms with van der Waals surface area (Å²) in [4.78, 5) is 5.31. The van der Waals surface area contributed by atoms with Gasteiger partial charge in [0.2, 0.25) is 5.88 Å². The van der Waals surface area contributed by atoms with Crippen LogP contribution in [0.25, 0.3) is 11.3 Å². The van der Waals surface area contributed by atoms with Gasteiger partial charge in [0.1, 0.15) is 17.2 Å². The molecule has 4 aliphatic rings. The first kappa shape index (κ1) is 29.8. The van der Waals surface area contributed by atoms with Gasteiger partial charge < -0.3 is 9.47 Å². The van der Waals surface area contributed by atoms with Crippen molar-refractivity contribution in [3.05, 3.63) is 81.4 Å². The fourth-order valence-corrected chi connectivity index (χ4v) is 9.20. The second kappa shape index (κ2) is 9.30. The topological polar surface area (TPSA) is 31.4 Å². The van der Waals surface area contributed by atoms with Gasteiger partial charge in [-0.2, -0.15) is 0 Å². The van der Waals surface area contributed by atoms with E-state index in [0.29, 0.717) is 5.88 Å². The van der Waals surface area contributed by atoms with E-state index in [-0.39, 0.29) is 28.4 Å². The van der Waals surface area contributed by atoms with E-state index in [1.54, 1.807) is 0 Å². The highest BCUT2D eigenvalue weighted by Crippen LogP contribution is 2.50. The number of hydrogen-bond donors (Lipinski definition) is 0. The van der Waals surface area contributed by atoms with Crippen molar-refractivity contribution >= 4 is 23.1 Å². The highest BCUT2D eigenvalue weighted by molar-refractivity contribution is 6.98. The number of benzene rings is 3. The van der Waals surface area contributed by atoms with Crippen molar-refractivity contribution in [1.29, 1.82) is 0 Å². The molecule has 0 bridgehead atoms. The predicted molar refractivity (Wildman–Crippen MR) is 192 cm³/mol. The summed E-state index contributed by atoms with van der Waals surface area (Å²) in [7, 11) is 0. The molecule has 0 fully saturated rings. The van der Waals surface area contributed by atoms with Crippen LogP contribution in [0, 0.1) is 20.8 Å². The Morgan fingerprint density at radius 2 is 0.978 bits per heavy atom. The van der Waals surface area contributed by atoms with E-state index in [4.69, 9.17) is 14.5 Å². The summed E-state index contributed by atoms with van der Waals surface area (Å²) in [6.07, 6.45) is 4.69. The third kappa shape index (κ3) is 4.20. The number of hydrogen-bond acceptors (Lipinski definition) is 3. The van der Waals surface area contributed by atoms with Gasteiger partial charge >= 0.3 is 0 Å². The molecular weight excluding hydrogens is 561 g/mol. The molecular formula is C42H48BNO2. The van der Waals surface area contributed by atoms with Gasteiger partial charge in [-0.3, -0.25) is 0 Å². The van der Waals surface area contributed by atoms with Crippen molar-refractivity contribution in [1.82, 2.24) is 4.98 Å². The van der Waals surface area contributed by atoms with Crippen LogP contribution in [-0.4, -0.2) is 11.7 Å². The highest BCUT2D eigenvalue weighted by Gasteiger charge is 2.47. The minimum Gasteiger partial charge on any atom is -0.458 e. The van der Waals surface area contributed by atoms with Crippen molar-refractivity contribution in [3.8, 4) is 34.4 Å². The molecule has 2 aliphatic carbocycles. The lowest BCUT2D eigenvalue weighted by Gasteiger charge is -2.44. The average Bonchev–Trinajstić information content (AvgIpc) is 2.96. The van der Waals surface area contributed by atoms with Gasteiger partial charge in [-0.25, -0.2) is 4.98 Å². The molecule has 4 aromatic rings. The highest BCUT2D eigenvalue weighted by atomic mass is 16.5. The molecule has 0 amide bonds. The Labute approximate surface area is 276 Å². The standard InChI is InChI=1S/C42H48BNO2/c1-23-16-24(2)36(25(3)17-23)32-22-35-37-38(44-32)46-34-21-29-27(40(6,7)13-15-42(29,10)11)19-31(34)43(37)30-18-26-28(20-33(30)45-35)41(8,9)14-12-39(26,4)5/h16-22H,12-15H2,1-11H3. The Morgan fingerprint density at radius 1 is 0.543 bits per heavy atom. The number of ether oxygens (including phenoxy) is 2. The van der Waals surface area contributed by atoms with Crippen LogP contribution in [0.3, 0.4) is 0 Å². The zero-order valence-electron chi connectivity index (χ0n) is 29.7. The van der Waals surface area contributed by atoms with E-state index in [2.05, 4.69) is 119 Å². The lowest BCUT2D eigenvalue weighted by atomic mass is 9.34. The summed E-state index contributed by atoms with van der Waals surface area (Å²) in [5, 5.41) is 0. The van der Waals surface area contributed by atoms with Crippen molar-refractivity contribution < 1.29 is 9.47 Å². The third-order valence-corrected chi connectivity index (χ3v) is 12.2. The zero-order valence-corrected chi connectivity index (χ0v) is 29.7. The lowest BCUT2D eigenvalue weighted by Crippen LogP contribution is -2.58. The summed E-state index contributed by atoms with van der Waals surface area (Å²) < 4.78 is 13.9. The number of fused-ring (bicyclic) bond motifs is 6. The summed E-state index contributed by atoms with van der Waals surface area (Å²) in [6, 6.07) is 16.4. The van der Waals surface area contributed by atoms with Crippen LogP contribution in [0.5, 0.6) is 23.1 Å². The SMILES string of the molecule is Cc1cc(C)c(-c2cc3c4c(n2)Oc2cc5c(cc2B4c2cc4c(cc2O3)C(C)(C)CCC4(C)C)C(C)(C)CCC5(C)C)c(C)c1. The van der Waals surface area contributed by atoms with Crippen molar-refractivity contribution in [2.45, 2.75) is 124 Å². The zero-order chi connectivity index (χ0) is 32.7. The third-order valence-electron chi connectivity index (χ3n) is 12.2. The quantitative estimate of drug-likeness (QED) is 0.174. The molecule has 1 aromatic heterocycles. The van der Waals surface area contributed by atoms with E-state index in [1.807, 2.05) is 0 Å². The fraction of sp³-hybridized carbons (Fsp3) is 0.452. The van der Waals surface area contributed by atoms with Crippen molar-refractivity contribution in [2.24, 2.45) is 0 Å². The summed E-state index contributed by atoms with van der Waals surface area (Å²) in [5.74, 6) is 3.47. The van der Waals surface area contributed by atoms with Crippen LogP contribution in [0.1, 0.15) is 120 Å². The van der Waals surface area contributed by atoms with Crippen LogP contribution in [-0.2, 0) is 21.7 Å². The minimum atomic E-state index is -0.00320. The first-order chi connectivity index (χ1) is 21.5. The van der Waals surface area contributed by atoms with Gasteiger partial charge in [0, 0.05) is 17.1 Å². The van der Waals surface area contributed by atoms with E-state index < -0.39 is 0 Å². The Bertz CT molecular complexity index is 1860. The summed E-state index contributed by atoms with van der Waals surface area (Å²) in [6.45, 7) is 25.7. The van der Waals surface area contributed by atoms with Gasteiger partial charge in [-0.1, -0.05) is 85.2 Å². The minimum absolute atomic E-state index is 0.00320. The lowest BCUT2D eigenvalue weighted by molar-refractivity contribution is 0.330. The monoisotopic (exact) mass is 609 g/mol. The van der Waals surface area contributed by atoms with E-state index in [9.17, 15) is 0 Å². The molecule has 0 spiro atoms. The van der Waals surface area contributed by atoms with E-state index in [0.717, 1.165) is 40.4 Å². The van der Waals surface area contributed by atoms with Crippen LogP contribution in [0.15, 0.2) is 42.5 Å². The Balaban J connectivity index is 1.43. The molecule has 0 saturated heterocycles. The largest absolute Gasteiger partial charge is 0.458 e. The molecule has 8 rings (SSSR count). The van der Waals surface area contributed by atoms with Gasteiger partial charge in [-0.05, 0) is 125 Å². The second-order valence-corrected chi connectivity index (χ2v) is 17.5. The maximum Gasteiger partial charge on any atom is 0.262 e. The fourth-order valence-electron chi connectivity index (χ4n) is 9.20. The molecule has 3 nitrogen and oxygen atoms in total. The summed E-state index contributed by atoms with van der Waals surface area (Å²) >= 11 is 0. The molecule has 0 unspecified atom stereocenters. The van der Waals surface area contributed by atoms with Crippen LogP contribution in [0.4, 0.5) is 0 Å². The maximum absolute atomic E-state index is 7.00. The van der Waals surface area contributed by atoms with Crippen LogP contribution in [0.2, 0.25) is 0 Å². The smallest absolute Gasteiger partial charge is 0.262 e. The molecule has 0 N–H and O–H groups in total. The Morgan fingerprint density at radius 3 is 1.46 bits per heavy atom. The van der Waals surface area contributed by atoms with Crippen molar-refractivity contribution in [3.63, 3.8) is 0 Å². The molecule has 0 saturated carbocycles. The molecule has 4 heteroatoms. The average molecular weight is 610 g/mol. The second-order valence-electron chi connectivity index (χ2n) is 17.5. The van der Waals surface area contributed by atoms with E-state index >= 15 is 0 Å². The normalized spacial score (nSPS) is 20.3. The number of nitrogens with zero attached hydrogens (tertiary/aromatic N) is 1. The van der Waals surface area contributed by atoms with Crippen LogP contribution < -0.4 is 25.9 Å². The first-order valence-corrected chi connectivity index (χ1v) is 17.3. The molecule has 46 heavy (non-hydrogen) atoms. The molecule has 3 aromatic carbocycles. The first-order valence-electron chi connectivity index (χ1n) is 17.3. The van der Waals surface area contributed by atoms with Crippen molar-refractivity contribution in [2.75, 3.05) is 0 Å². The number of rotatable bonds is 1. The van der Waals surface area contributed by atoms with E-state index in [1.165, 1.54) is 69.1 Å².